The second-order valence-corrected chi connectivity index (χ2v) is 6.66. The monoisotopic (exact) mass is 379 g/mol. The molecule has 0 aromatic heterocycles. The van der Waals surface area contributed by atoms with E-state index in [0.29, 0.717) is 0 Å². The Labute approximate surface area is 179 Å². The first-order chi connectivity index (χ1) is 12.0. The fraction of sp³-hybridized carbons (Fsp3) is 0.842. The van der Waals surface area contributed by atoms with Crippen molar-refractivity contribution in [1.29, 1.82) is 0 Å². The number of carbonyl (C=O) groups is 3. The van der Waals surface area contributed by atoms with E-state index in [-0.39, 0.29) is 54.7 Å². The largest absolute Gasteiger partial charge is 1.00 e. The Bertz CT molecular complexity index is 390. The van der Waals surface area contributed by atoms with E-state index in [2.05, 4.69) is 12.2 Å². The van der Waals surface area contributed by atoms with Gasteiger partial charge >= 0.3 is 35.5 Å². The topological polar surface area (TPSA) is 107 Å². The van der Waals surface area contributed by atoms with E-state index in [9.17, 15) is 19.5 Å². The van der Waals surface area contributed by atoms with Crippen LogP contribution in [0.25, 0.3) is 0 Å². The van der Waals surface area contributed by atoms with E-state index in [4.69, 9.17) is 5.11 Å². The molecule has 1 unspecified atom stereocenters. The Morgan fingerprint density at radius 3 is 1.73 bits per heavy atom. The fourth-order valence-corrected chi connectivity index (χ4v) is 2.73. The third kappa shape index (κ3) is 18.2. The van der Waals surface area contributed by atoms with Crippen molar-refractivity contribution >= 4 is 17.8 Å². The van der Waals surface area contributed by atoms with Gasteiger partial charge in [0.1, 0.15) is 0 Å². The van der Waals surface area contributed by atoms with Gasteiger partial charge in [-0.3, -0.25) is 9.59 Å². The zero-order valence-electron chi connectivity index (χ0n) is 16.6. The van der Waals surface area contributed by atoms with Crippen molar-refractivity contribution in [1.82, 2.24) is 5.32 Å². The molecule has 1 atom stereocenters. The molecule has 7 heteroatoms. The summed E-state index contributed by atoms with van der Waals surface area (Å²) in [4.78, 5) is 33.1. The number of carboxylic acid groups (broad SMARTS) is 2. The van der Waals surface area contributed by atoms with Crippen LogP contribution >= 0.6 is 0 Å². The molecule has 0 fully saturated rings. The van der Waals surface area contributed by atoms with Crippen LogP contribution in [0.5, 0.6) is 0 Å². The molecule has 0 bridgehead atoms. The summed E-state index contributed by atoms with van der Waals surface area (Å²) in [6.07, 6.45) is 12.8. The van der Waals surface area contributed by atoms with Gasteiger partial charge in [-0.2, -0.15) is 0 Å². The molecule has 0 aromatic rings. The van der Waals surface area contributed by atoms with Gasteiger partial charge in [-0.05, 0) is 12.8 Å². The molecule has 1 amide bonds. The van der Waals surface area contributed by atoms with Crippen molar-refractivity contribution in [3.8, 4) is 0 Å². The van der Waals surface area contributed by atoms with E-state index in [1.807, 2.05) is 0 Å². The van der Waals surface area contributed by atoms with Gasteiger partial charge in [0.25, 0.3) is 0 Å². The molecule has 0 heterocycles. The summed E-state index contributed by atoms with van der Waals surface area (Å²) in [5.41, 5.74) is 0. The number of aliphatic carboxylic acids is 2. The minimum atomic E-state index is -1.44. The standard InChI is InChI=1S/C19H35NO5.Na/c1-2-3-4-5-6-7-8-9-10-11-12-13-17(21)20-16(19(24)25)14-15-18(22)23;/h16H,2-15H2,1H3,(H,20,21)(H,22,23)(H,24,25);/q;+1/p-1. The normalized spacial score (nSPS) is 11.4. The number of carboxylic acids is 2. The molecule has 6 nitrogen and oxygen atoms in total. The van der Waals surface area contributed by atoms with Crippen molar-refractivity contribution in [2.45, 2.75) is 103 Å². The van der Waals surface area contributed by atoms with Crippen molar-refractivity contribution < 1.29 is 54.2 Å². The van der Waals surface area contributed by atoms with Crippen LogP contribution in [-0.4, -0.2) is 29.0 Å². The fourth-order valence-electron chi connectivity index (χ4n) is 2.73. The predicted molar refractivity (Wildman–Crippen MR) is 94.9 cm³/mol. The first kappa shape index (κ1) is 27.6. The molecule has 2 N–H and O–H groups in total. The summed E-state index contributed by atoms with van der Waals surface area (Å²) in [6, 6.07) is -1.23. The van der Waals surface area contributed by atoms with E-state index in [0.717, 1.165) is 19.3 Å². The van der Waals surface area contributed by atoms with Gasteiger partial charge in [0.2, 0.25) is 5.91 Å². The van der Waals surface area contributed by atoms with Crippen molar-refractivity contribution in [2.24, 2.45) is 0 Å². The summed E-state index contributed by atoms with van der Waals surface area (Å²) < 4.78 is 0. The SMILES string of the molecule is CCCCCCCCCCCCCC(=O)NC(CCC(=O)O)C(=O)[O-].[Na+]. The summed E-state index contributed by atoms with van der Waals surface area (Å²) >= 11 is 0. The van der Waals surface area contributed by atoms with Gasteiger partial charge < -0.3 is 20.3 Å². The average molecular weight is 379 g/mol. The van der Waals surface area contributed by atoms with Crippen LogP contribution in [0.3, 0.4) is 0 Å². The van der Waals surface area contributed by atoms with Crippen LogP contribution in [0, 0.1) is 0 Å². The number of rotatable bonds is 17. The Kier molecular flexibility index (Phi) is 20.4. The Morgan fingerprint density at radius 1 is 0.846 bits per heavy atom. The van der Waals surface area contributed by atoms with Crippen LogP contribution in [0.15, 0.2) is 0 Å². The zero-order valence-corrected chi connectivity index (χ0v) is 18.6. The van der Waals surface area contributed by atoms with Crippen LogP contribution < -0.4 is 40.0 Å². The molecule has 0 aliphatic rings. The minimum absolute atomic E-state index is 0. The molecule has 0 aliphatic carbocycles. The number of unbranched alkanes of at least 4 members (excludes halogenated alkanes) is 10. The second kappa shape index (κ2) is 19.2. The summed E-state index contributed by atoms with van der Waals surface area (Å²) in [6.45, 7) is 2.22. The Morgan fingerprint density at radius 2 is 1.31 bits per heavy atom. The van der Waals surface area contributed by atoms with Crippen LogP contribution in [0.2, 0.25) is 0 Å². The smallest absolute Gasteiger partial charge is 0.548 e. The van der Waals surface area contributed by atoms with E-state index in [1.165, 1.54) is 51.4 Å². The maximum Gasteiger partial charge on any atom is 1.00 e. The molecule has 0 rings (SSSR count). The first-order valence-electron chi connectivity index (χ1n) is 9.69. The molecule has 26 heavy (non-hydrogen) atoms. The molecular formula is C19H34NNaO5. The van der Waals surface area contributed by atoms with E-state index in [1.54, 1.807) is 0 Å². The number of hydrogen-bond donors (Lipinski definition) is 2. The molecule has 146 valence electrons. The van der Waals surface area contributed by atoms with Crippen molar-refractivity contribution in [2.75, 3.05) is 0 Å². The van der Waals surface area contributed by atoms with Crippen molar-refractivity contribution in [3.63, 3.8) is 0 Å². The zero-order chi connectivity index (χ0) is 18.9. The van der Waals surface area contributed by atoms with Gasteiger partial charge in [0, 0.05) is 12.8 Å². The predicted octanol–water partition coefficient (Wildman–Crippen LogP) is -0.209. The molecule has 0 aliphatic heterocycles. The second-order valence-electron chi connectivity index (χ2n) is 6.66. The summed E-state index contributed by atoms with van der Waals surface area (Å²) in [5.74, 6) is -2.88. The van der Waals surface area contributed by atoms with E-state index < -0.39 is 18.0 Å². The number of carbonyl (C=O) groups excluding carboxylic acids is 2. The van der Waals surface area contributed by atoms with Gasteiger partial charge in [-0.1, -0.05) is 71.1 Å². The Hall–Kier alpha value is -0.590. The van der Waals surface area contributed by atoms with Gasteiger partial charge in [0.15, 0.2) is 0 Å². The summed E-state index contributed by atoms with van der Waals surface area (Å²) in [7, 11) is 0. The molecule has 0 radical (unpaired) electrons. The number of amides is 1. The molecule has 0 aromatic carbocycles. The van der Waals surface area contributed by atoms with E-state index >= 15 is 0 Å². The number of nitrogens with one attached hydrogen (secondary N) is 1. The first-order valence-corrected chi connectivity index (χ1v) is 9.69. The van der Waals surface area contributed by atoms with Gasteiger partial charge in [0.05, 0.1) is 12.0 Å². The molecule has 0 spiro atoms. The molecule has 0 saturated carbocycles. The third-order valence-electron chi connectivity index (χ3n) is 4.27. The quantitative estimate of drug-likeness (QED) is 0.269. The van der Waals surface area contributed by atoms with Gasteiger partial charge in [-0.25, -0.2) is 0 Å². The number of hydrogen-bond acceptors (Lipinski definition) is 4. The van der Waals surface area contributed by atoms with Crippen LogP contribution in [0.4, 0.5) is 0 Å². The molecular weight excluding hydrogens is 345 g/mol. The average Bonchev–Trinajstić information content (AvgIpc) is 2.56. The van der Waals surface area contributed by atoms with Gasteiger partial charge in [-0.15, -0.1) is 0 Å². The minimum Gasteiger partial charge on any atom is -0.548 e. The van der Waals surface area contributed by atoms with Crippen LogP contribution in [-0.2, 0) is 14.4 Å². The van der Waals surface area contributed by atoms with Crippen LogP contribution in [0.1, 0.15) is 96.8 Å². The maximum atomic E-state index is 11.7. The summed E-state index contributed by atoms with van der Waals surface area (Å²) in [5, 5.41) is 21.8. The third-order valence-corrected chi connectivity index (χ3v) is 4.27. The molecule has 0 saturated heterocycles. The Balaban J connectivity index is 0. The maximum absolute atomic E-state index is 11.7. The van der Waals surface area contributed by atoms with Crippen molar-refractivity contribution in [3.05, 3.63) is 0 Å².